The molecule has 568 valence electrons. The first-order valence-electron chi connectivity index (χ1n) is 33.8. The number of hydrogen-bond donors (Lipinski definition) is 2. The number of Topliss-reactive ketones (excluding diaryl/α,β-unsaturated/α-hetero) is 2. The molecule has 4 aromatic carbocycles. The van der Waals surface area contributed by atoms with E-state index in [1.165, 1.54) is 52.1 Å². The first-order chi connectivity index (χ1) is 51.2. The molecule has 10 rings (SSSR count). The Balaban J connectivity index is 0.000000276. The molecule has 13 unspecified atom stereocenters. The van der Waals surface area contributed by atoms with E-state index in [2.05, 4.69) is 19.8 Å². The van der Waals surface area contributed by atoms with E-state index in [0.29, 0.717) is 16.7 Å². The Bertz CT molecular complexity index is 4670. The van der Waals surface area contributed by atoms with Gasteiger partial charge < -0.3 is 57.3 Å². The van der Waals surface area contributed by atoms with Crippen LogP contribution in [0.1, 0.15) is 118 Å². The maximum absolute atomic E-state index is 14.6. The number of hydrogen-bond acceptors (Lipinski definition) is 27. The predicted molar refractivity (Wildman–Crippen MR) is 376 cm³/mol. The van der Waals surface area contributed by atoms with Crippen molar-refractivity contribution in [2.75, 3.05) is 60.9 Å². The van der Waals surface area contributed by atoms with Crippen LogP contribution in [0.4, 0.5) is 0 Å². The van der Waals surface area contributed by atoms with Gasteiger partial charge in [0.2, 0.25) is 6.54 Å². The van der Waals surface area contributed by atoms with Crippen molar-refractivity contribution >= 4 is 43.3 Å². The number of aromatic amines is 1. The number of phosphoric acid groups is 1. The van der Waals surface area contributed by atoms with Gasteiger partial charge in [0.1, 0.15) is 43.2 Å². The first-order valence-corrected chi connectivity index (χ1v) is 35.3. The highest BCUT2D eigenvalue weighted by Gasteiger charge is 2.54. The quantitative estimate of drug-likeness (QED) is 0.0133. The van der Waals surface area contributed by atoms with Crippen molar-refractivity contribution in [3.8, 4) is 0 Å². The van der Waals surface area contributed by atoms with Crippen LogP contribution in [0, 0.1) is 48.1 Å². The maximum Gasteiger partial charge on any atom is 0.475 e. The van der Waals surface area contributed by atoms with E-state index in [0.717, 1.165) is 53.1 Å². The number of aromatic nitrogens is 6. The van der Waals surface area contributed by atoms with Gasteiger partial charge in [-0.25, -0.2) is 44.7 Å². The normalized spacial score (nSPS) is 22.1. The van der Waals surface area contributed by atoms with Crippen LogP contribution in [0.25, 0.3) is 4.85 Å². The van der Waals surface area contributed by atoms with Gasteiger partial charge in [-0.05, 0) is 118 Å². The fourth-order valence-electron chi connectivity index (χ4n) is 12.2. The number of aliphatic hydroxyl groups is 1. The molecule has 0 amide bonds. The summed E-state index contributed by atoms with van der Waals surface area (Å²) in [4.78, 5) is 142. The minimum atomic E-state index is -4.79. The number of aliphatic hydroxyl groups excluding tert-OH is 1. The number of aryl methyl sites for hydroxylation is 4. The number of nitrogens with one attached hydrogen (secondary N) is 1. The van der Waals surface area contributed by atoms with Crippen molar-refractivity contribution in [1.82, 2.24) is 28.7 Å². The van der Waals surface area contributed by atoms with E-state index in [4.69, 9.17) is 67.5 Å². The predicted octanol–water partition coefficient (Wildman–Crippen LogP) is 5.86. The Morgan fingerprint density at radius 2 is 0.972 bits per heavy atom. The summed E-state index contributed by atoms with van der Waals surface area (Å²) in [6.07, 6.45) is -10.2. The van der Waals surface area contributed by atoms with E-state index in [1.807, 2.05) is 41.5 Å². The second kappa shape index (κ2) is 36.9. The molecule has 2 N–H and O–H groups in total. The van der Waals surface area contributed by atoms with Crippen LogP contribution in [0.5, 0.6) is 0 Å². The summed E-state index contributed by atoms with van der Waals surface area (Å²) in [5, 5.41) is 9.89. The molecule has 0 radical (unpaired) electrons. The SMILES string of the molecule is COC1C(OC(=O)COC(=O)c2cc(C)c(C)c(C)c2)C(CO)OC1n1ccc(CC(=O)c2ccccc2)nc1=O.[C-]#[N+]CCOP(=O)(OCC1OC(n2ccc(CC(=O)c3ccccc3)nc2=O)C(OC)C1OC(=O)COC(=O)c1cc(C)c(C)c(C)c1)OC1C(CC)OC(n2ccc(=O)[nH]c2=O)C1OC. The zero-order valence-electron chi connectivity index (χ0n) is 60.2. The van der Waals surface area contributed by atoms with Crippen molar-refractivity contribution in [3.63, 3.8) is 0 Å². The lowest BCUT2D eigenvalue weighted by molar-refractivity contribution is -0.161. The first kappa shape index (κ1) is 80.9. The van der Waals surface area contributed by atoms with Crippen LogP contribution in [0.2, 0.25) is 0 Å². The van der Waals surface area contributed by atoms with Crippen LogP contribution in [-0.4, -0.2) is 185 Å². The number of carbonyl (C=O) groups excluding carboxylic acids is 6. The minimum Gasteiger partial charge on any atom is -0.454 e. The Morgan fingerprint density at radius 3 is 1.39 bits per heavy atom. The molecule has 3 fully saturated rings. The number of esters is 4. The van der Waals surface area contributed by atoms with Gasteiger partial charge >= 0.3 is 48.8 Å². The van der Waals surface area contributed by atoms with E-state index in [1.54, 1.807) is 91.9 Å². The molecule has 3 aromatic heterocycles. The van der Waals surface area contributed by atoms with Crippen molar-refractivity contribution in [2.24, 2.45) is 0 Å². The van der Waals surface area contributed by atoms with Crippen LogP contribution >= 0.6 is 7.82 Å². The van der Waals surface area contributed by atoms with Crippen LogP contribution in [0.15, 0.2) is 141 Å². The molecule has 0 saturated carbocycles. The van der Waals surface area contributed by atoms with Crippen molar-refractivity contribution in [3.05, 3.63) is 242 Å². The maximum atomic E-state index is 14.6. The van der Waals surface area contributed by atoms with Crippen molar-refractivity contribution in [2.45, 2.75) is 141 Å². The number of ketones is 2. The number of carbonyl (C=O) groups is 6. The van der Waals surface area contributed by atoms with Gasteiger partial charge in [0, 0.05) is 57.1 Å². The summed E-state index contributed by atoms with van der Waals surface area (Å²) >= 11 is 0. The number of rotatable bonds is 30. The Kier molecular flexibility index (Phi) is 27.9. The number of methoxy groups -OCH3 is 3. The summed E-state index contributed by atoms with van der Waals surface area (Å²) in [6.45, 7) is 16.8. The van der Waals surface area contributed by atoms with Crippen LogP contribution in [-0.2, 0) is 87.9 Å². The van der Waals surface area contributed by atoms with E-state index in [-0.39, 0.29) is 54.3 Å². The topological polar surface area (TPSA) is 389 Å². The fourth-order valence-corrected chi connectivity index (χ4v) is 13.5. The van der Waals surface area contributed by atoms with Gasteiger partial charge in [-0.1, -0.05) is 67.6 Å². The number of phosphoric ester groups is 1. The molecule has 7 aromatic rings. The zero-order chi connectivity index (χ0) is 77.4. The molecule has 13 atom stereocenters. The number of nitrogens with zero attached hydrogens (tertiary/aromatic N) is 6. The summed E-state index contributed by atoms with van der Waals surface area (Å²) in [6, 6.07) is 27.8. The Morgan fingerprint density at radius 1 is 0.551 bits per heavy atom. The van der Waals surface area contributed by atoms with Gasteiger partial charge in [0.05, 0.1) is 54.7 Å². The van der Waals surface area contributed by atoms with E-state index in [9.17, 15) is 57.6 Å². The average molecular weight is 1500 g/mol. The summed E-state index contributed by atoms with van der Waals surface area (Å²) < 4.78 is 92.3. The molecule has 32 nitrogen and oxygen atoms in total. The molecule has 0 bridgehead atoms. The second-order valence-electron chi connectivity index (χ2n) is 25.1. The highest BCUT2D eigenvalue weighted by atomic mass is 31.2. The molecule has 33 heteroatoms. The molecular weight excluding hydrogens is 1420 g/mol. The van der Waals surface area contributed by atoms with E-state index < -0.39 is 161 Å². The average Bonchev–Trinajstić information content (AvgIpc) is 1.65. The third-order valence-corrected chi connectivity index (χ3v) is 19.6. The largest absolute Gasteiger partial charge is 0.475 e. The van der Waals surface area contributed by atoms with Gasteiger partial charge in [0.25, 0.3) is 5.56 Å². The molecule has 3 aliphatic heterocycles. The van der Waals surface area contributed by atoms with Crippen LogP contribution < -0.4 is 22.6 Å². The Hall–Kier alpha value is -10.1. The third kappa shape index (κ3) is 19.9. The smallest absolute Gasteiger partial charge is 0.454 e. The lowest BCUT2D eigenvalue weighted by atomic mass is 10.0. The molecule has 3 aliphatic rings. The number of benzene rings is 4. The molecule has 107 heavy (non-hydrogen) atoms. The summed E-state index contributed by atoms with van der Waals surface area (Å²) in [5.41, 5.74) is 4.45. The van der Waals surface area contributed by atoms with Crippen molar-refractivity contribution < 1.29 is 99.4 Å². The summed E-state index contributed by atoms with van der Waals surface area (Å²) in [7, 11) is -0.879. The molecular formula is C74H82N7O25P. The van der Waals surface area contributed by atoms with Gasteiger partial charge in [-0.15, -0.1) is 0 Å². The van der Waals surface area contributed by atoms with E-state index >= 15 is 0 Å². The highest BCUT2D eigenvalue weighted by Crippen LogP contribution is 2.54. The minimum absolute atomic E-state index is 0.0702. The number of H-pyrrole nitrogens is 1. The zero-order valence-corrected chi connectivity index (χ0v) is 61.1. The second-order valence-corrected chi connectivity index (χ2v) is 26.7. The molecule has 6 heterocycles. The standard InChI is InChI=1S/C44H50N5O16P.C30H32N2O9/c1-8-32-37(39(58-7)41(62-32)49-18-15-34(51)47-44(49)55)65-66(56,60-19-16-45-5)61-23-33-36(64-35(52)24-59-42(53)29-20-25(2)27(4)26(3)21-29)38(57-6)40(63-33)48-17-14-30(46-43(48)54)22-31(50)28-12-10-9-11-13-28;1-17-12-21(13-18(2)19(17)3)29(36)39-16-25(35)41-26-24(15-33)40-28(27(26)38-4)32-11-10-22(31-30(32)37)14-23(34)20-8-6-5-7-9-20/h9-15,17-18,20-21,32-33,36-41H,8,16,19,22-24H2,1-4,6-7H3,(H,47,51,55);5-13,24,26-28,33H,14-16H2,1-4H3. The third-order valence-electron chi connectivity index (χ3n) is 18.2. The number of ether oxygens (including phenoxy) is 10. The fraction of sp³-hybridized carbons (Fsp3) is 0.419. The molecule has 0 aliphatic carbocycles. The van der Waals surface area contributed by atoms with Crippen LogP contribution in [0.3, 0.4) is 0 Å². The van der Waals surface area contributed by atoms with Gasteiger partial charge in [-0.2, -0.15) is 9.97 Å². The molecule has 0 spiro atoms. The molecule has 3 saturated heterocycles. The van der Waals surface area contributed by atoms with Gasteiger partial charge in [0.15, 0.2) is 55.7 Å². The Labute approximate surface area is 613 Å². The lowest BCUT2D eigenvalue weighted by Crippen LogP contribution is -2.41. The van der Waals surface area contributed by atoms with Gasteiger partial charge in [-0.3, -0.25) is 46.6 Å². The lowest BCUT2D eigenvalue weighted by Gasteiger charge is -2.28. The monoisotopic (exact) mass is 1500 g/mol. The summed E-state index contributed by atoms with van der Waals surface area (Å²) in [5.74, 6) is -3.86. The highest BCUT2D eigenvalue weighted by molar-refractivity contribution is 7.48. The van der Waals surface area contributed by atoms with Crippen molar-refractivity contribution in [1.29, 1.82) is 0 Å².